The summed E-state index contributed by atoms with van der Waals surface area (Å²) in [5.74, 6) is 0. The van der Waals surface area contributed by atoms with Gasteiger partial charge in [0.1, 0.15) is 0 Å². The first-order valence-electron chi connectivity index (χ1n) is 2.39. The Morgan fingerprint density at radius 3 is 2.50 bits per heavy atom. The SMILES string of the molecule is OCCOCCO[Si]. The predicted octanol–water partition coefficient (Wildman–Crippen LogP) is -0.905. The molecule has 0 fully saturated rings. The van der Waals surface area contributed by atoms with Crippen LogP contribution in [0, 0.1) is 0 Å². The summed E-state index contributed by atoms with van der Waals surface area (Å²) in [4.78, 5) is 0. The van der Waals surface area contributed by atoms with Gasteiger partial charge in [-0.05, 0) is 0 Å². The second-order valence-electron chi connectivity index (χ2n) is 1.18. The highest BCUT2D eigenvalue weighted by atomic mass is 28.2. The van der Waals surface area contributed by atoms with Gasteiger partial charge in [-0.2, -0.15) is 0 Å². The molecule has 0 atom stereocenters. The first-order valence-corrected chi connectivity index (χ1v) is 2.79. The summed E-state index contributed by atoms with van der Waals surface area (Å²) in [5, 5.41) is 8.19. The minimum Gasteiger partial charge on any atom is -0.416 e. The summed E-state index contributed by atoms with van der Waals surface area (Å²) in [6, 6.07) is 0. The lowest BCUT2D eigenvalue weighted by atomic mass is 10.7. The molecular weight excluding hydrogens is 124 g/mol. The molecule has 0 aromatic carbocycles. The minimum atomic E-state index is 0.0711. The number of hydrogen-bond acceptors (Lipinski definition) is 3. The maximum Gasteiger partial charge on any atom is 0.246 e. The van der Waals surface area contributed by atoms with Crippen molar-refractivity contribution in [1.82, 2.24) is 0 Å². The molecule has 0 aliphatic rings. The molecule has 0 aliphatic heterocycles. The molecule has 0 unspecified atom stereocenters. The Kier molecular flexibility index (Phi) is 7.18. The van der Waals surface area contributed by atoms with Gasteiger partial charge >= 0.3 is 0 Å². The van der Waals surface area contributed by atoms with E-state index in [2.05, 4.69) is 14.9 Å². The van der Waals surface area contributed by atoms with Crippen LogP contribution in [0.25, 0.3) is 0 Å². The molecule has 0 rings (SSSR count). The van der Waals surface area contributed by atoms with E-state index in [9.17, 15) is 0 Å². The maximum absolute atomic E-state index is 8.19. The largest absolute Gasteiger partial charge is 0.416 e. The van der Waals surface area contributed by atoms with E-state index in [1.54, 1.807) is 0 Å². The van der Waals surface area contributed by atoms with Crippen molar-refractivity contribution in [2.75, 3.05) is 26.4 Å². The molecule has 1 N–H and O–H groups in total. The molecule has 8 heavy (non-hydrogen) atoms. The van der Waals surface area contributed by atoms with Crippen LogP contribution in [0.5, 0.6) is 0 Å². The van der Waals surface area contributed by atoms with E-state index in [-0.39, 0.29) is 6.61 Å². The fourth-order valence-electron chi connectivity index (χ4n) is 0.267. The summed E-state index contributed by atoms with van der Waals surface area (Å²) in [7, 11) is 2.80. The van der Waals surface area contributed by atoms with Gasteiger partial charge in [-0.25, -0.2) is 0 Å². The highest BCUT2D eigenvalue weighted by molar-refractivity contribution is 5.97. The number of aliphatic hydroxyl groups excluding tert-OH is 1. The predicted molar refractivity (Wildman–Crippen MR) is 29.6 cm³/mol. The van der Waals surface area contributed by atoms with Gasteiger partial charge in [-0.3, -0.25) is 0 Å². The first-order chi connectivity index (χ1) is 3.91. The van der Waals surface area contributed by atoms with E-state index in [4.69, 9.17) is 9.84 Å². The highest BCUT2D eigenvalue weighted by Crippen LogP contribution is 1.72. The number of hydrogen-bond donors (Lipinski definition) is 1. The zero-order valence-corrected chi connectivity index (χ0v) is 5.59. The lowest BCUT2D eigenvalue weighted by molar-refractivity contribution is 0.0725. The fourth-order valence-corrected chi connectivity index (χ4v) is 0.351. The Balaban J connectivity index is 2.53. The van der Waals surface area contributed by atoms with Gasteiger partial charge in [-0.1, -0.05) is 0 Å². The Morgan fingerprint density at radius 2 is 2.00 bits per heavy atom. The van der Waals surface area contributed by atoms with Gasteiger partial charge in [0.15, 0.2) is 0 Å². The van der Waals surface area contributed by atoms with Gasteiger partial charge in [0.25, 0.3) is 0 Å². The van der Waals surface area contributed by atoms with E-state index in [0.717, 1.165) is 0 Å². The lowest BCUT2D eigenvalue weighted by Gasteiger charge is -1.98. The fraction of sp³-hybridized carbons (Fsp3) is 1.00. The second-order valence-corrected chi connectivity index (χ2v) is 1.47. The summed E-state index contributed by atoms with van der Waals surface area (Å²) in [5.41, 5.74) is 0. The summed E-state index contributed by atoms with van der Waals surface area (Å²) in [6.07, 6.45) is 0. The Hall–Kier alpha value is 0.0969. The average Bonchev–Trinajstić information content (AvgIpc) is 1.81. The van der Waals surface area contributed by atoms with Crippen LogP contribution >= 0.6 is 0 Å². The lowest BCUT2D eigenvalue weighted by Crippen LogP contribution is -2.05. The highest BCUT2D eigenvalue weighted by Gasteiger charge is 1.82. The molecule has 4 heteroatoms. The molecular formula is C4H9O3Si. The Labute approximate surface area is 52.1 Å². The molecule has 3 nitrogen and oxygen atoms in total. The molecule has 0 aliphatic carbocycles. The zero-order chi connectivity index (χ0) is 6.24. The van der Waals surface area contributed by atoms with Crippen LogP contribution in [-0.2, 0) is 9.16 Å². The number of ether oxygens (including phenoxy) is 1. The molecule has 0 spiro atoms. The molecule has 47 valence electrons. The van der Waals surface area contributed by atoms with Crippen molar-refractivity contribution < 1.29 is 14.3 Å². The van der Waals surface area contributed by atoms with Gasteiger partial charge in [0, 0.05) is 0 Å². The van der Waals surface area contributed by atoms with Gasteiger partial charge in [-0.15, -0.1) is 0 Å². The van der Waals surface area contributed by atoms with Crippen molar-refractivity contribution in [3.63, 3.8) is 0 Å². The van der Waals surface area contributed by atoms with E-state index in [0.29, 0.717) is 19.8 Å². The van der Waals surface area contributed by atoms with Crippen molar-refractivity contribution >= 4 is 10.5 Å². The monoisotopic (exact) mass is 133 g/mol. The standard InChI is InChI=1S/C4H9O3Si/c5-1-2-6-3-4-7-8/h5H,1-4H2. The Bertz CT molecular complexity index is 36.3. The molecule has 0 aromatic heterocycles. The van der Waals surface area contributed by atoms with E-state index < -0.39 is 0 Å². The van der Waals surface area contributed by atoms with Crippen LogP contribution in [0.1, 0.15) is 0 Å². The molecule has 0 saturated carbocycles. The molecule has 0 bridgehead atoms. The molecule has 0 heterocycles. The van der Waals surface area contributed by atoms with Crippen molar-refractivity contribution in [3.8, 4) is 0 Å². The summed E-state index contributed by atoms with van der Waals surface area (Å²) in [6.45, 7) is 1.48. The van der Waals surface area contributed by atoms with Crippen LogP contribution in [-0.4, -0.2) is 42.0 Å². The van der Waals surface area contributed by atoms with Crippen LogP contribution < -0.4 is 0 Å². The minimum absolute atomic E-state index is 0.0711. The van der Waals surface area contributed by atoms with Crippen LogP contribution in [0.4, 0.5) is 0 Å². The second kappa shape index (κ2) is 7.10. The molecule has 0 saturated heterocycles. The van der Waals surface area contributed by atoms with E-state index >= 15 is 0 Å². The van der Waals surface area contributed by atoms with Crippen LogP contribution in [0.15, 0.2) is 0 Å². The van der Waals surface area contributed by atoms with E-state index in [1.165, 1.54) is 0 Å². The normalized spacial score (nSPS) is 9.75. The van der Waals surface area contributed by atoms with Crippen molar-refractivity contribution in [3.05, 3.63) is 0 Å². The van der Waals surface area contributed by atoms with Gasteiger partial charge < -0.3 is 14.3 Å². The molecule has 0 amide bonds. The summed E-state index contributed by atoms with van der Waals surface area (Å²) < 4.78 is 9.30. The van der Waals surface area contributed by atoms with Gasteiger partial charge in [0.05, 0.1) is 26.4 Å². The molecule has 0 aromatic rings. The number of rotatable bonds is 5. The van der Waals surface area contributed by atoms with Crippen molar-refractivity contribution in [1.29, 1.82) is 0 Å². The third-order valence-corrected chi connectivity index (χ3v) is 0.769. The van der Waals surface area contributed by atoms with Crippen molar-refractivity contribution in [2.24, 2.45) is 0 Å². The maximum atomic E-state index is 8.19. The summed E-state index contributed by atoms with van der Waals surface area (Å²) >= 11 is 0. The Morgan fingerprint density at radius 1 is 1.25 bits per heavy atom. The molecule has 3 radical (unpaired) electrons. The number of aliphatic hydroxyl groups is 1. The topological polar surface area (TPSA) is 38.7 Å². The quantitative estimate of drug-likeness (QED) is 0.390. The first kappa shape index (κ1) is 8.10. The average molecular weight is 133 g/mol. The van der Waals surface area contributed by atoms with Crippen molar-refractivity contribution in [2.45, 2.75) is 0 Å². The van der Waals surface area contributed by atoms with Crippen LogP contribution in [0.3, 0.4) is 0 Å². The van der Waals surface area contributed by atoms with Gasteiger partial charge in [0.2, 0.25) is 10.5 Å². The third-order valence-electron chi connectivity index (χ3n) is 0.565. The third kappa shape index (κ3) is 6.10. The smallest absolute Gasteiger partial charge is 0.246 e. The zero-order valence-electron chi connectivity index (χ0n) is 4.59. The van der Waals surface area contributed by atoms with Crippen LogP contribution in [0.2, 0.25) is 0 Å². The van der Waals surface area contributed by atoms with E-state index in [1.807, 2.05) is 0 Å².